The number of imidazole rings is 1. The van der Waals surface area contributed by atoms with Gasteiger partial charge in [-0.3, -0.25) is 9.78 Å². The maximum absolute atomic E-state index is 13.0. The van der Waals surface area contributed by atoms with Crippen LogP contribution in [0.4, 0.5) is 22.0 Å². The van der Waals surface area contributed by atoms with E-state index in [1.807, 2.05) is 0 Å². The van der Waals surface area contributed by atoms with Crippen LogP contribution in [0, 0.1) is 0 Å². The molecule has 194 valence electrons. The van der Waals surface area contributed by atoms with Gasteiger partial charge in [0.15, 0.2) is 0 Å². The Morgan fingerprint density at radius 2 is 2.08 bits per heavy atom. The van der Waals surface area contributed by atoms with Crippen molar-refractivity contribution >= 4 is 16.9 Å². The van der Waals surface area contributed by atoms with E-state index in [1.165, 1.54) is 19.2 Å². The summed E-state index contributed by atoms with van der Waals surface area (Å²) in [5.74, 6) is -0.816. The molecule has 1 aliphatic rings. The first-order valence-electron chi connectivity index (χ1n) is 10.9. The molecule has 1 amide bonds. The molecule has 14 heteroatoms. The summed E-state index contributed by atoms with van der Waals surface area (Å²) in [5.41, 5.74) is -0.0562. The highest BCUT2D eigenvalue weighted by atomic mass is 19.4. The number of alkyl halides is 5. The molecule has 2 atom stereocenters. The summed E-state index contributed by atoms with van der Waals surface area (Å²) in [6.45, 7) is 0.984. The molecule has 1 N–H and O–H groups in total. The molecule has 0 aliphatic carbocycles. The maximum Gasteiger partial charge on any atom is 0.573 e. The minimum absolute atomic E-state index is 0.192. The Morgan fingerprint density at radius 1 is 1.28 bits per heavy atom. The van der Waals surface area contributed by atoms with Gasteiger partial charge in [0.2, 0.25) is 0 Å². The van der Waals surface area contributed by atoms with Crippen LogP contribution >= 0.6 is 0 Å². The molecule has 0 spiro atoms. The molecule has 2 aromatic heterocycles. The van der Waals surface area contributed by atoms with Crippen molar-refractivity contribution in [3.05, 3.63) is 47.8 Å². The molecule has 36 heavy (non-hydrogen) atoms. The molecule has 1 saturated heterocycles. The van der Waals surface area contributed by atoms with Crippen molar-refractivity contribution in [2.75, 3.05) is 20.3 Å². The summed E-state index contributed by atoms with van der Waals surface area (Å²) >= 11 is 0. The van der Waals surface area contributed by atoms with Gasteiger partial charge in [-0.2, -0.15) is 0 Å². The Bertz CT molecular complexity index is 1200. The number of nitrogens with zero attached hydrogens (tertiary/aromatic N) is 4. The van der Waals surface area contributed by atoms with E-state index in [9.17, 15) is 26.7 Å². The fourth-order valence-corrected chi connectivity index (χ4v) is 3.95. The average Bonchev–Trinajstić information content (AvgIpc) is 3.48. The van der Waals surface area contributed by atoms with Gasteiger partial charge in [0.25, 0.3) is 12.3 Å². The normalized spacial score (nSPS) is 17.0. The van der Waals surface area contributed by atoms with Crippen molar-refractivity contribution < 1.29 is 41.0 Å². The molecule has 0 bridgehead atoms. The van der Waals surface area contributed by atoms with E-state index in [4.69, 9.17) is 9.47 Å². The van der Waals surface area contributed by atoms with E-state index >= 15 is 0 Å². The zero-order chi connectivity index (χ0) is 25.9. The lowest BCUT2D eigenvalue weighted by molar-refractivity contribution is -0.274. The first-order valence-corrected chi connectivity index (χ1v) is 10.9. The Labute approximate surface area is 201 Å². The lowest BCUT2D eigenvalue weighted by Crippen LogP contribution is -2.38. The number of aromatic nitrogens is 4. The van der Waals surface area contributed by atoms with E-state index in [-0.39, 0.29) is 24.4 Å². The maximum atomic E-state index is 13.0. The van der Waals surface area contributed by atoms with Crippen LogP contribution in [0.15, 0.2) is 30.6 Å². The molecule has 1 fully saturated rings. The van der Waals surface area contributed by atoms with Crippen LogP contribution in [-0.4, -0.2) is 58.2 Å². The Balaban J connectivity index is 1.71. The van der Waals surface area contributed by atoms with Gasteiger partial charge in [-0.05, 0) is 25.0 Å². The third-order valence-electron chi connectivity index (χ3n) is 5.53. The second-order valence-electron chi connectivity index (χ2n) is 7.94. The number of hydrogen-bond donors (Lipinski definition) is 1. The third kappa shape index (κ3) is 5.87. The molecule has 0 saturated carbocycles. The summed E-state index contributed by atoms with van der Waals surface area (Å²) in [5, 5.41) is 2.78. The average molecular weight is 515 g/mol. The minimum atomic E-state index is -4.87. The predicted molar refractivity (Wildman–Crippen MR) is 114 cm³/mol. The highest BCUT2D eigenvalue weighted by molar-refractivity contribution is 5.92. The quantitative estimate of drug-likeness (QED) is 0.431. The topological polar surface area (TPSA) is 100 Å². The van der Waals surface area contributed by atoms with E-state index in [0.717, 1.165) is 24.9 Å². The Morgan fingerprint density at radius 3 is 2.69 bits per heavy atom. The molecule has 4 rings (SSSR count). The van der Waals surface area contributed by atoms with Gasteiger partial charge in [0.05, 0.1) is 36.1 Å². The van der Waals surface area contributed by atoms with E-state index in [1.54, 1.807) is 4.57 Å². The number of nitrogens with one attached hydrogen (secondary N) is 1. The highest BCUT2D eigenvalue weighted by Crippen LogP contribution is 2.32. The smallest absolute Gasteiger partial charge is 0.406 e. The molecule has 2 unspecified atom stereocenters. The third-order valence-corrected chi connectivity index (χ3v) is 5.53. The summed E-state index contributed by atoms with van der Waals surface area (Å²) in [6.07, 6.45) is -5.13. The first kappa shape index (κ1) is 25.7. The molecule has 1 aromatic carbocycles. The number of halogens is 5. The van der Waals surface area contributed by atoms with Gasteiger partial charge in [-0.1, -0.05) is 0 Å². The molecule has 3 heterocycles. The van der Waals surface area contributed by atoms with E-state index in [2.05, 4.69) is 25.0 Å². The predicted octanol–water partition coefficient (Wildman–Crippen LogP) is 3.96. The van der Waals surface area contributed by atoms with Crippen LogP contribution in [0.5, 0.6) is 5.75 Å². The van der Waals surface area contributed by atoms with Crippen molar-refractivity contribution in [3.8, 4) is 5.75 Å². The number of benzene rings is 1. The molecule has 9 nitrogen and oxygen atoms in total. The lowest BCUT2D eigenvalue weighted by atomic mass is 10.1. The number of fused-ring (bicyclic) bond motifs is 1. The second-order valence-corrected chi connectivity index (χ2v) is 7.94. The minimum Gasteiger partial charge on any atom is -0.406 e. The SMILES string of the molecule is COCCn1c(C(NC(=O)c2cnc(C(F)F)cn2)C2CCCO2)nc2cc(OC(F)(F)F)ccc21. The second kappa shape index (κ2) is 10.7. The number of ether oxygens (including phenoxy) is 3. The molecule has 1 aliphatic heterocycles. The van der Waals surface area contributed by atoms with Crippen LogP contribution in [0.3, 0.4) is 0 Å². The summed E-state index contributed by atoms with van der Waals surface area (Å²) < 4.78 is 80.4. The number of carbonyl (C=O) groups excluding carboxylic acids is 1. The van der Waals surface area contributed by atoms with Crippen molar-refractivity contribution in [2.45, 2.75) is 44.3 Å². The van der Waals surface area contributed by atoms with Crippen molar-refractivity contribution in [2.24, 2.45) is 0 Å². The highest BCUT2D eigenvalue weighted by Gasteiger charge is 2.34. The van der Waals surface area contributed by atoms with Gasteiger partial charge in [0.1, 0.15) is 29.0 Å². The summed E-state index contributed by atoms with van der Waals surface area (Å²) in [6, 6.07) is 2.93. The summed E-state index contributed by atoms with van der Waals surface area (Å²) in [7, 11) is 1.50. The van der Waals surface area contributed by atoms with Crippen LogP contribution in [0.25, 0.3) is 11.0 Å². The number of rotatable bonds is 9. The lowest BCUT2D eigenvalue weighted by Gasteiger charge is -2.24. The molecular weight excluding hydrogens is 493 g/mol. The van der Waals surface area contributed by atoms with E-state index < -0.39 is 42.3 Å². The molecule has 0 radical (unpaired) electrons. The zero-order valence-corrected chi connectivity index (χ0v) is 19.0. The van der Waals surface area contributed by atoms with Crippen LogP contribution in [-0.2, 0) is 16.0 Å². The monoisotopic (exact) mass is 515 g/mol. The van der Waals surface area contributed by atoms with Crippen LogP contribution in [0.2, 0.25) is 0 Å². The Hall–Kier alpha value is -3.39. The van der Waals surface area contributed by atoms with Crippen molar-refractivity contribution in [1.82, 2.24) is 24.8 Å². The number of hydrogen-bond acceptors (Lipinski definition) is 7. The zero-order valence-electron chi connectivity index (χ0n) is 19.0. The first-order chi connectivity index (χ1) is 17.2. The van der Waals surface area contributed by atoms with E-state index in [0.29, 0.717) is 24.4 Å². The van der Waals surface area contributed by atoms with Crippen molar-refractivity contribution in [1.29, 1.82) is 0 Å². The van der Waals surface area contributed by atoms with Crippen LogP contribution in [0.1, 0.15) is 47.3 Å². The number of methoxy groups -OCH3 is 1. The van der Waals surface area contributed by atoms with Gasteiger partial charge >= 0.3 is 6.36 Å². The van der Waals surface area contributed by atoms with Crippen molar-refractivity contribution in [3.63, 3.8) is 0 Å². The number of amides is 1. The largest absolute Gasteiger partial charge is 0.573 e. The fourth-order valence-electron chi connectivity index (χ4n) is 3.95. The van der Waals surface area contributed by atoms with Gasteiger partial charge in [-0.25, -0.2) is 18.7 Å². The molecular formula is C22H22F5N5O4. The fraction of sp³-hybridized carbons (Fsp3) is 0.455. The van der Waals surface area contributed by atoms with Crippen LogP contribution < -0.4 is 10.1 Å². The summed E-state index contributed by atoms with van der Waals surface area (Å²) in [4.78, 5) is 24.8. The Kier molecular flexibility index (Phi) is 7.64. The van der Waals surface area contributed by atoms with Gasteiger partial charge in [-0.15, -0.1) is 13.2 Å². The number of carbonyl (C=O) groups is 1. The van der Waals surface area contributed by atoms with Gasteiger partial charge in [0, 0.05) is 26.3 Å². The molecule has 3 aromatic rings. The van der Waals surface area contributed by atoms with Gasteiger partial charge < -0.3 is 24.1 Å². The standard InChI is InChI=1S/C22H22F5N5O4/c1-34-8-6-32-16-5-4-12(36-22(25,26)27)9-13(16)30-20(32)18(17-3-2-7-35-17)31-21(33)15-11-28-14(10-29-15)19(23)24/h4-5,9-11,17-19H,2-3,6-8H2,1H3,(H,31,33).